The summed E-state index contributed by atoms with van der Waals surface area (Å²) in [4.78, 5) is 39.2. The summed E-state index contributed by atoms with van der Waals surface area (Å²) in [5, 5.41) is 9.81. The fourth-order valence-electron chi connectivity index (χ4n) is 3.27. The Morgan fingerprint density at radius 2 is 1.42 bits per heavy atom. The largest absolute Gasteiger partial charge is 0.481 e. The maximum atomic E-state index is 13.8. The molecule has 33 heavy (non-hydrogen) atoms. The zero-order chi connectivity index (χ0) is 24.1. The molecule has 0 heterocycles. The normalized spacial score (nSPS) is 11.6. The van der Waals surface area contributed by atoms with E-state index in [1.165, 1.54) is 54.6 Å². The zero-order valence-corrected chi connectivity index (χ0v) is 19.2. The molecular weight excluding hydrogens is 492 g/mol. The monoisotopic (exact) mass is 507 g/mol. The van der Waals surface area contributed by atoms with Crippen molar-refractivity contribution in [1.82, 2.24) is 0 Å². The second-order valence-corrected chi connectivity index (χ2v) is 8.35. The lowest BCUT2D eigenvalue weighted by molar-refractivity contribution is -0.138. The number of carboxylic acid groups (broad SMARTS) is 1. The summed E-state index contributed by atoms with van der Waals surface area (Å²) >= 11 is 18.2. The van der Waals surface area contributed by atoms with Gasteiger partial charge in [-0.3, -0.25) is 19.3 Å². The number of hydrogen-bond acceptors (Lipinski definition) is 3. The maximum absolute atomic E-state index is 13.8. The lowest BCUT2D eigenvalue weighted by Gasteiger charge is -2.32. The van der Waals surface area contributed by atoms with Crippen molar-refractivity contribution in [3.05, 3.63) is 98.7 Å². The molecule has 3 aromatic rings. The summed E-state index contributed by atoms with van der Waals surface area (Å²) in [6, 6.07) is 14.4. The number of rotatable bonds is 8. The van der Waals surface area contributed by atoms with Gasteiger partial charge in [0.25, 0.3) is 0 Å². The molecule has 0 aliphatic carbocycles. The third-order valence-electron chi connectivity index (χ3n) is 4.82. The van der Waals surface area contributed by atoms with Crippen molar-refractivity contribution in [1.29, 1.82) is 0 Å². The van der Waals surface area contributed by atoms with Crippen molar-refractivity contribution in [2.24, 2.45) is 0 Å². The predicted octanol–water partition coefficient (Wildman–Crippen LogP) is 6.61. The van der Waals surface area contributed by atoms with E-state index in [2.05, 4.69) is 0 Å². The fraction of sp³-hybridized carbons (Fsp3) is 0.125. The second kappa shape index (κ2) is 10.8. The van der Waals surface area contributed by atoms with Crippen LogP contribution in [0.5, 0.6) is 0 Å². The van der Waals surface area contributed by atoms with E-state index >= 15 is 0 Å². The van der Waals surface area contributed by atoms with E-state index in [0.717, 1.165) is 17.0 Å². The van der Waals surface area contributed by atoms with Gasteiger partial charge in [-0.1, -0.05) is 40.9 Å². The molecule has 1 atom stereocenters. The molecule has 0 saturated carbocycles. The molecule has 1 N–H and O–H groups in total. The Hall–Kier alpha value is -2.93. The average molecular weight is 509 g/mol. The number of halogens is 4. The van der Waals surface area contributed by atoms with Gasteiger partial charge in [0.1, 0.15) is 11.9 Å². The van der Waals surface area contributed by atoms with E-state index in [1.54, 1.807) is 0 Å². The third kappa shape index (κ3) is 6.11. The fourth-order valence-corrected chi connectivity index (χ4v) is 3.79. The number of amides is 1. The summed E-state index contributed by atoms with van der Waals surface area (Å²) in [5.41, 5.74) is 0.703. The lowest BCUT2D eigenvalue weighted by Crippen LogP contribution is -2.39. The highest BCUT2D eigenvalue weighted by Gasteiger charge is 2.35. The maximum Gasteiger partial charge on any atom is 0.303 e. The summed E-state index contributed by atoms with van der Waals surface area (Å²) in [6.45, 7) is 0. The number of ketones is 1. The van der Waals surface area contributed by atoms with Gasteiger partial charge in [0.15, 0.2) is 5.78 Å². The number of hydrogen-bond donors (Lipinski definition) is 1. The van der Waals surface area contributed by atoms with Crippen LogP contribution in [-0.4, -0.2) is 22.8 Å². The molecule has 5 nitrogen and oxygen atoms in total. The van der Waals surface area contributed by atoms with Crippen LogP contribution in [0.4, 0.5) is 10.1 Å². The molecule has 1 amide bonds. The summed E-state index contributed by atoms with van der Waals surface area (Å²) in [7, 11) is 0. The van der Waals surface area contributed by atoms with Crippen molar-refractivity contribution in [2.75, 3.05) is 4.90 Å². The summed E-state index contributed by atoms with van der Waals surface area (Å²) in [5.74, 6) is -2.93. The number of anilines is 1. The Morgan fingerprint density at radius 3 is 1.97 bits per heavy atom. The van der Waals surface area contributed by atoms with Gasteiger partial charge in [0.2, 0.25) is 5.91 Å². The first-order chi connectivity index (χ1) is 15.7. The molecule has 3 rings (SSSR count). The van der Waals surface area contributed by atoms with Crippen molar-refractivity contribution in [3.8, 4) is 0 Å². The van der Waals surface area contributed by atoms with E-state index in [-0.39, 0.29) is 22.6 Å². The first kappa shape index (κ1) is 24.7. The average Bonchev–Trinajstić information content (AvgIpc) is 2.77. The van der Waals surface area contributed by atoms with Gasteiger partial charge < -0.3 is 5.11 Å². The van der Waals surface area contributed by atoms with Gasteiger partial charge in [-0.2, -0.15) is 0 Å². The van der Waals surface area contributed by atoms with E-state index in [1.807, 2.05) is 0 Å². The zero-order valence-electron chi connectivity index (χ0n) is 17.0. The highest BCUT2D eigenvalue weighted by atomic mass is 35.5. The van der Waals surface area contributed by atoms with Crippen LogP contribution in [0.1, 0.15) is 34.8 Å². The van der Waals surface area contributed by atoms with Crippen molar-refractivity contribution >= 4 is 58.1 Å². The standard InChI is InChI=1S/C24H17Cl3FNO4/c25-15-3-1-14(2-4-15)24(33)23(19-10-7-17(28)13-20(19)27)29(21(30)11-12-22(31)32)18-8-5-16(26)6-9-18/h1-10,13,23H,11-12H2,(H,31,32). The van der Waals surface area contributed by atoms with Gasteiger partial charge in [-0.05, 0) is 60.7 Å². The number of Topliss-reactive ketones (excluding diaryl/α,β-unsaturated/α-hetero) is 1. The van der Waals surface area contributed by atoms with Crippen molar-refractivity contribution in [2.45, 2.75) is 18.9 Å². The van der Waals surface area contributed by atoms with Crippen LogP contribution in [0.25, 0.3) is 0 Å². The van der Waals surface area contributed by atoms with Gasteiger partial charge in [0, 0.05) is 38.3 Å². The summed E-state index contributed by atoms with van der Waals surface area (Å²) in [6.07, 6.45) is -0.816. The quantitative estimate of drug-likeness (QED) is 0.348. The number of carbonyl (C=O) groups is 3. The predicted molar refractivity (Wildman–Crippen MR) is 126 cm³/mol. The molecule has 0 fully saturated rings. The number of carbonyl (C=O) groups excluding carboxylic acids is 2. The van der Waals surface area contributed by atoms with Gasteiger partial charge in [0.05, 0.1) is 6.42 Å². The topological polar surface area (TPSA) is 74.7 Å². The Balaban J connectivity index is 2.20. The van der Waals surface area contributed by atoms with Crippen LogP contribution in [0.3, 0.4) is 0 Å². The third-order valence-corrected chi connectivity index (χ3v) is 5.65. The van der Waals surface area contributed by atoms with Crippen molar-refractivity contribution in [3.63, 3.8) is 0 Å². The minimum atomic E-state index is -1.30. The Morgan fingerprint density at radius 1 is 0.848 bits per heavy atom. The first-order valence-corrected chi connectivity index (χ1v) is 10.8. The van der Waals surface area contributed by atoms with Crippen LogP contribution in [-0.2, 0) is 9.59 Å². The molecular formula is C24H17Cl3FNO4. The van der Waals surface area contributed by atoms with E-state index in [0.29, 0.717) is 15.7 Å². The minimum absolute atomic E-state index is 0.0627. The molecule has 0 aromatic heterocycles. The van der Waals surface area contributed by atoms with Gasteiger partial charge in [-0.15, -0.1) is 0 Å². The molecule has 0 spiro atoms. The highest BCUT2D eigenvalue weighted by Crippen LogP contribution is 2.36. The van der Waals surface area contributed by atoms with Crippen LogP contribution < -0.4 is 4.90 Å². The number of aliphatic carboxylic acids is 1. The number of nitrogens with zero attached hydrogens (tertiary/aromatic N) is 1. The second-order valence-electron chi connectivity index (χ2n) is 7.07. The van der Waals surface area contributed by atoms with Crippen LogP contribution in [0.15, 0.2) is 66.7 Å². The highest BCUT2D eigenvalue weighted by molar-refractivity contribution is 6.32. The molecule has 1 unspecified atom stereocenters. The van der Waals surface area contributed by atoms with E-state index in [4.69, 9.17) is 39.9 Å². The number of benzene rings is 3. The van der Waals surface area contributed by atoms with Crippen molar-refractivity contribution < 1.29 is 23.9 Å². The Bertz CT molecular complexity index is 1180. The molecule has 170 valence electrons. The first-order valence-electron chi connectivity index (χ1n) is 9.71. The molecule has 0 aliphatic heterocycles. The molecule has 9 heteroatoms. The SMILES string of the molecule is O=C(O)CCC(=O)N(c1ccc(Cl)cc1)C(C(=O)c1ccc(Cl)cc1)c1ccc(F)cc1Cl. The Labute approximate surface area is 204 Å². The molecule has 0 aliphatic rings. The minimum Gasteiger partial charge on any atom is -0.481 e. The van der Waals surface area contributed by atoms with Crippen LogP contribution >= 0.6 is 34.8 Å². The van der Waals surface area contributed by atoms with Gasteiger partial charge >= 0.3 is 5.97 Å². The van der Waals surface area contributed by atoms with Crippen LogP contribution in [0.2, 0.25) is 15.1 Å². The Kier molecular flexibility index (Phi) is 8.08. The van der Waals surface area contributed by atoms with Crippen LogP contribution in [0, 0.1) is 5.82 Å². The molecule has 0 saturated heterocycles. The number of carboxylic acids is 1. The van der Waals surface area contributed by atoms with Gasteiger partial charge in [-0.25, -0.2) is 4.39 Å². The molecule has 0 bridgehead atoms. The van der Waals surface area contributed by atoms with E-state index in [9.17, 15) is 18.8 Å². The summed E-state index contributed by atoms with van der Waals surface area (Å²) < 4.78 is 13.8. The molecule has 0 radical (unpaired) electrons. The lowest BCUT2D eigenvalue weighted by atomic mass is 9.94. The smallest absolute Gasteiger partial charge is 0.303 e. The molecule has 3 aromatic carbocycles. The van der Waals surface area contributed by atoms with E-state index < -0.39 is 35.9 Å².